The molecule has 0 spiro atoms. The maximum Gasteiger partial charge on any atom is 0.247 e. The van der Waals surface area contributed by atoms with Crippen molar-refractivity contribution in [1.82, 2.24) is 4.31 Å². The van der Waals surface area contributed by atoms with E-state index in [0.29, 0.717) is 6.54 Å². The molecule has 0 unspecified atom stereocenters. The zero-order valence-corrected chi connectivity index (χ0v) is 11.0. The van der Waals surface area contributed by atoms with Crippen molar-refractivity contribution >= 4 is 15.7 Å². The van der Waals surface area contributed by atoms with Gasteiger partial charge >= 0.3 is 0 Å². The molecule has 96 valence electrons. The molecule has 0 aliphatic rings. The Balaban J connectivity index is 3.22. The lowest BCUT2D eigenvalue weighted by Gasteiger charge is -2.20. The first-order chi connectivity index (χ1) is 7.76. The predicted octanol–water partition coefficient (Wildman–Crippen LogP) is 1.68. The summed E-state index contributed by atoms with van der Waals surface area (Å²) in [6, 6.07) is 3.85. The minimum absolute atomic E-state index is 0.0689. The van der Waals surface area contributed by atoms with E-state index in [0.717, 1.165) is 10.4 Å². The minimum Gasteiger partial charge on any atom is -0.398 e. The molecule has 1 rings (SSSR count). The van der Waals surface area contributed by atoms with Crippen LogP contribution in [0.3, 0.4) is 0 Å². The standard InChI is InChI=1S/C11H17FN2O2S/c1-8(2)7-14(3)17(15,16)11-9(12)5-4-6-10(11)13/h4-6,8H,7,13H2,1-3H3. The molecule has 2 N–H and O–H groups in total. The Bertz CT molecular complexity index is 480. The molecule has 0 bridgehead atoms. The van der Waals surface area contributed by atoms with Crippen LogP contribution in [0, 0.1) is 11.7 Å². The van der Waals surface area contributed by atoms with Crippen molar-refractivity contribution in [2.45, 2.75) is 18.7 Å². The number of nitrogen functional groups attached to an aromatic ring is 1. The second-order valence-electron chi connectivity index (χ2n) is 4.34. The Hall–Kier alpha value is -1.14. The third-order valence-corrected chi connectivity index (χ3v) is 4.20. The van der Waals surface area contributed by atoms with Crippen molar-refractivity contribution < 1.29 is 12.8 Å². The summed E-state index contributed by atoms with van der Waals surface area (Å²) in [7, 11) is -2.44. The maximum absolute atomic E-state index is 13.6. The van der Waals surface area contributed by atoms with Gasteiger partial charge in [0.2, 0.25) is 10.0 Å². The summed E-state index contributed by atoms with van der Waals surface area (Å²) in [6.45, 7) is 4.09. The molecule has 1 aromatic carbocycles. The van der Waals surface area contributed by atoms with Gasteiger partial charge in [-0.05, 0) is 18.1 Å². The van der Waals surface area contributed by atoms with Crippen molar-refractivity contribution in [3.63, 3.8) is 0 Å². The lowest BCUT2D eigenvalue weighted by atomic mass is 10.2. The van der Waals surface area contributed by atoms with E-state index in [1.165, 1.54) is 19.2 Å². The lowest BCUT2D eigenvalue weighted by molar-refractivity contribution is 0.414. The number of rotatable bonds is 4. The highest BCUT2D eigenvalue weighted by molar-refractivity contribution is 7.89. The first-order valence-corrected chi connectivity index (χ1v) is 6.71. The minimum atomic E-state index is -3.86. The average Bonchev–Trinajstić information content (AvgIpc) is 2.15. The quantitative estimate of drug-likeness (QED) is 0.838. The fraction of sp³-hybridized carbons (Fsp3) is 0.455. The fourth-order valence-electron chi connectivity index (χ4n) is 1.57. The van der Waals surface area contributed by atoms with Gasteiger partial charge in [-0.1, -0.05) is 19.9 Å². The maximum atomic E-state index is 13.6. The van der Waals surface area contributed by atoms with Gasteiger partial charge in [-0.15, -0.1) is 0 Å². The molecule has 0 aromatic heterocycles. The molecule has 17 heavy (non-hydrogen) atoms. The molecule has 0 heterocycles. The van der Waals surface area contributed by atoms with Crippen LogP contribution in [0.15, 0.2) is 23.1 Å². The summed E-state index contributed by atoms with van der Waals surface area (Å²) in [4.78, 5) is -0.442. The van der Waals surface area contributed by atoms with E-state index in [-0.39, 0.29) is 11.6 Å². The van der Waals surface area contributed by atoms with Gasteiger partial charge in [0.05, 0.1) is 5.69 Å². The Morgan fingerprint density at radius 3 is 2.47 bits per heavy atom. The molecule has 0 amide bonds. The molecule has 0 aliphatic carbocycles. The monoisotopic (exact) mass is 260 g/mol. The summed E-state index contributed by atoms with van der Waals surface area (Å²) in [5, 5.41) is 0. The van der Waals surface area contributed by atoms with Gasteiger partial charge in [0.25, 0.3) is 0 Å². The van der Waals surface area contributed by atoms with Gasteiger partial charge in [0, 0.05) is 13.6 Å². The Kier molecular flexibility index (Phi) is 4.11. The first kappa shape index (κ1) is 13.9. The number of hydrogen-bond acceptors (Lipinski definition) is 3. The van der Waals surface area contributed by atoms with Crippen LogP contribution in [0.5, 0.6) is 0 Å². The highest BCUT2D eigenvalue weighted by Crippen LogP contribution is 2.24. The number of nitrogens with zero attached hydrogens (tertiary/aromatic N) is 1. The second-order valence-corrected chi connectivity index (χ2v) is 6.32. The van der Waals surface area contributed by atoms with E-state index >= 15 is 0 Å². The van der Waals surface area contributed by atoms with Crippen molar-refractivity contribution in [2.24, 2.45) is 5.92 Å². The molecule has 0 saturated heterocycles. The summed E-state index contributed by atoms with van der Waals surface area (Å²) < 4.78 is 38.9. The van der Waals surface area contributed by atoms with E-state index < -0.39 is 20.7 Å². The number of hydrogen-bond donors (Lipinski definition) is 1. The van der Waals surface area contributed by atoms with Crippen LogP contribution in [0.25, 0.3) is 0 Å². The Morgan fingerprint density at radius 2 is 2.00 bits per heavy atom. The second kappa shape index (κ2) is 5.01. The van der Waals surface area contributed by atoms with Crippen LogP contribution in [-0.4, -0.2) is 26.3 Å². The van der Waals surface area contributed by atoms with Crippen molar-refractivity contribution in [1.29, 1.82) is 0 Å². The molecule has 4 nitrogen and oxygen atoms in total. The van der Waals surface area contributed by atoms with Gasteiger partial charge in [-0.2, -0.15) is 0 Å². The van der Waals surface area contributed by atoms with E-state index in [1.54, 1.807) is 0 Å². The number of benzene rings is 1. The third-order valence-electron chi connectivity index (χ3n) is 2.29. The SMILES string of the molecule is CC(C)CN(C)S(=O)(=O)c1c(N)cccc1F. The number of anilines is 1. The Morgan fingerprint density at radius 1 is 1.41 bits per heavy atom. The first-order valence-electron chi connectivity index (χ1n) is 5.27. The van der Waals surface area contributed by atoms with Crippen molar-refractivity contribution in [3.8, 4) is 0 Å². The average molecular weight is 260 g/mol. The van der Waals surface area contributed by atoms with Gasteiger partial charge < -0.3 is 5.73 Å². The predicted molar refractivity (Wildman–Crippen MR) is 65.5 cm³/mol. The van der Waals surface area contributed by atoms with Crippen LogP contribution < -0.4 is 5.73 Å². The highest BCUT2D eigenvalue weighted by Gasteiger charge is 2.27. The molecule has 0 fully saturated rings. The molecular formula is C11H17FN2O2S. The lowest BCUT2D eigenvalue weighted by Crippen LogP contribution is -2.31. The summed E-state index contributed by atoms with van der Waals surface area (Å²) in [5.41, 5.74) is 5.46. The number of sulfonamides is 1. The topological polar surface area (TPSA) is 63.4 Å². The summed E-state index contributed by atoms with van der Waals surface area (Å²) in [5.74, 6) is -0.664. The normalized spacial score (nSPS) is 12.4. The van der Waals surface area contributed by atoms with Crippen LogP contribution in [0.1, 0.15) is 13.8 Å². The van der Waals surface area contributed by atoms with Crippen molar-refractivity contribution in [2.75, 3.05) is 19.3 Å². The molecule has 0 atom stereocenters. The molecule has 0 saturated carbocycles. The highest BCUT2D eigenvalue weighted by atomic mass is 32.2. The summed E-state index contributed by atoms with van der Waals surface area (Å²) >= 11 is 0. The fourth-order valence-corrected chi connectivity index (χ4v) is 3.05. The summed E-state index contributed by atoms with van der Waals surface area (Å²) in [6.07, 6.45) is 0. The molecule has 0 aliphatic heterocycles. The zero-order chi connectivity index (χ0) is 13.2. The van der Waals surface area contributed by atoms with Gasteiger partial charge in [0.15, 0.2) is 0 Å². The molecule has 6 heteroatoms. The van der Waals surface area contributed by atoms with Crippen LogP contribution in [0.2, 0.25) is 0 Å². The van der Waals surface area contributed by atoms with E-state index in [2.05, 4.69) is 0 Å². The van der Waals surface area contributed by atoms with Crippen molar-refractivity contribution in [3.05, 3.63) is 24.0 Å². The van der Waals surface area contributed by atoms with Gasteiger partial charge in [0.1, 0.15) is 10.7 Å². The van der Waals surface area contributed by atoms with E-state index in [9.17, 15) is 12.8 Å². The van der Waals surface area contributed by atoms with E-state index in [1.807, 2.05) is 13.8 Å². The third kappa shape index (κ3) is 2.95. The largest absolute Gasteiger partial charge is 0.398 e. The molecule has 0 radical (unpaired) electrons. The van der Waals surface area contributed by atoms with Gasteiger partial charge in [-0.3, -0.25) is 0 Å². The molecular weight excluding hydrogens is 243 g/mol. The van der Waals surface area contributed by atoms with E-state index in [4.69, 9.17) is 5.73 Å². The Labute approximate surface area is 101 Å². The van der Waals surface area contributed by atoms with Gasteiger partial charge in [-0.25, -0.2) is 17.1 Å². The zero-order valence-electron chi connectivity index (χ0n) is 10.1. The molecule has 1 aromatic rings. The van der Waals surface area contributed by atoms with Crippen LogP contribution >= 0.6 is 0 Å². The smallest absolute Gasteiger partial charge is 0.247 e. The number of nitrogens with two attached hydrogens (primary N) is 1. The van der Waals surface area contributed by atoms with Crippen LogP contribution in [-0.2, 0) is 10.0 Å². The van der Waals surface area contributed by atoms with Crippen LogP contribution in [0.4, 0.5) is 10.1 Å². The number of halogens is 1.